The number of likely N-dealkylation sites (tertiary alicyclic amines) is 2. The Hall–Kier alpha value is -2.50. The van der Waals surface area contributed by atoms with Gasteiger partial charge in [0.1, 0.15) is 5.82 Å². The average molecular weight is 351 g/mol. The Labute approximate surface area is 154 Å². The summed E-state index contributed by atoms with van der Waals surface area (Å²) >= 11 is 0. The Kier molecular flexibility index (Phi) is 4.82. The van der Waals surface area contributed by atoms with Crippen LogP contribution in [0.2, 0.25) is 0 Å². The van der Waals surface area contributed by atoms with E-state index in [0.29, 0.717) is 0 Å². The molecule has 136 valence electrons. The van der Waals surface area contributed by atoms with E-state index in [1.165, 1.54) is 0 Å². The van der Waals surface area contributed by atoms with E-state index in [1.807, 2.05) is 35.1 Å². The summed E-state index contributed by atoms with van der Waals surface area (Å²) in [4.78, 5) is 30.1. The number of carbonyl (C=O) groups is 1. The van der Waals surface area contributed by atoms with Gasteiger partial charge in [0.15, 0.2) is 0 Å². The molecule has 6 nitrogen and oxygen atoms in total. The fourth-order valence-corrected chi connectivity index (χ4v) is 4.04. The Morgan fingerprint density at radius 1 is 1.08 bits per heavy atom. The number of aromatic nitrogens is 3. The van der Waals surface area contributed by atoms with Gasteiger partial charge in [-0.3, -0.25) is 4.98 Å². The van der Waals surface area contributed by atoms with Gasteiger partial charge in [-0.2, -0.15) is 0 Å². The largest absolute Gasteiger partial charge is 0.325 e. The molecular formula is C20H25N5O. The molecule has 2 aliphatic heterocycles. The Morgan fingerprint density at radius 3 is 2.58 bits per heavy atom. The highest BCUT2D eigenvalue weighted by molar-refractivity contribution is 5.75. The van der Waals surface area contributed by atoms with Gasteiger partial charge in [0.2, 0.25) is 0 Å². The predicted octanol–water partition coefficient (Wildman–Crippen LogP) is 3.24. The SMILES string of the molecule is Cc1ncc(-c2ccncc2)c(C2CCCN(C(=O)N3CCCC3)C2)n1. The van der Waals surface area contributed by atoms with Crippen molar-refractivity contribution in [3.05, 3.63) is 42.2 Å². The third-order valence-electron chi connectivity index (χ3n) is 5.39. The van der Waals surface area contributed by atoms with Crippen molar-refractivity contribution in [2.45, 2.75) is 38.5 Å². The first-order chi connectivity index (χ1) is 12.7. The van der Waals surface area contributed by atoms with E-state index in [4.69, 9.17) is 4.98 Å². The third-order valence-corrected chi connectivity index (χ3v) is 5.39. The summed E-state index contributed by atoms with van der Waals surface area (Å²) in [5.41, 5.74) is 3.19. The van der Waals surface area contributed by atoms with E-state index < -0.39 is 0 Å². The third kappa shape index (κ3) is 3.41. The number of amides is 2. The van der Waals surface area contributed by atoms with Crippen LogP contribution in [0, 0.1) is 6.92 Å². The molecule has 0 N–H and O–H groups in total. The maximum atomic E-state index is 12.8. The summed E-state index contributed by atoms with van der Waals surface area (Å²) in [7, 11) is 0. The van der Waals surface area contributed by atoms with Crippen LogP contribution in [-0.2, 0) is 0 Å². The van der Waals surface area contributed by atoms with Gasteiger partial charge in [0, 0.05) is 56.3 Å². The number of aryl methyl sites for hydroxylation is 1. The van der Waals surface area contributed by atoms with Crippen molar-refractivity contribution in [1.82, 2.24) is 24.8 Å². The van der Waals surface area contributed by atoms with Crippen molar-refractivity contribution in [3.63, 3.8) is 0 Å². The smallest absolute Gasteiger partial charge is 0.320 e. The molecule has 4 heterocycles. The van der Waals surface area contributed by atoms with Gasteiger partial charge in [-0.1, -0.05) is 0 Å². The molecule has 0 saturated carbocycles. The number of urea groups is 1. The minimum Gasteiger partial charge on any atom is -0.325 e. The van der Waals surface area contributed by atoms with Crippen LogP contribution in [0.25, 0.3) is 11.1 Å². The number of hydrogen-bond acceptors (Lipinski definition) is 4. The summed E-state index contributed by atoms with van der Waals surface area (Å²) < 4.78 is 0. The fraction of sp³-hybridized carbons (Fsp3) is 0.500. The molecule has 1 unspecified atom stereocenters. The number of piperidine rings is 1. The lowest BCUT2D eigenvalue weighted by atomic mass is 9.90. The number of pyridine rings is 1. The molecule has 2 aromatic rings. The maximum Gasteiger partial charge on any atom is 0.320 e. The second kappa shape index (κ2) is 7.40. The summed E-state index contributed by atoms with van der Waals surface area (Å²) in [6, 6.07) is 4.18. The molecule has 1 atom stereocenters. The van der Waals surface area contributed by atoms with Gasteiger partial charge in [0.05, 0.1) is 5.69 Å². The quantitative estimate of drug-likeness (QED) is 0.833. The van der Waals surface area contributed by atoms with E-state index in [0.717, 1.165) is 74.5 Å². The lowest BCUT2D eigenvalue weighted by Gasteiger charge is -2.35. The van der Waals surface area contributed by atoms with Crippen LogP contribution in [0.3, 0.4) is 0 Å². The topological polar surface area (TPSA) is 62.2 Å². The molecular weight excluding hydrogens is 326 g/mol. The van der Waals surface area contributed by atoms with Crippen molar-refractivity contribution in [2.24, 2.45) is 0 Å². The Balaban J connectivity index is 1.60. The van der Waals surface area contributed by atoms with Crippen molar-refractivity contribution in [3.8, 4) is 11.1 Å². The van der Waals surface area contributed by atoms with Crippen LogP contribution in [0.1, 0.15) is 43.1 Å². The molecule has 0 spiro atoms. The van der Waals surface area contributed by atoms with Crippen LogP contribution in [0.15, 0.2) is 30.7 Å². The first-order valence-electron chi connectivity index (χ1n) is 9.50. The number of carbonyl (C=O) groups excluding carboxylic acids is 1. The number of rotatable bonds is 2. The molecule has 0 aliphatic carbocycles. The molecule has 0 radical (unpaired) electrons. The minimum absolute atomic E-state index is 0.198. The highest BCUT2D eigenvalue weighted by Gasteiger charge is 2.31. The predicted molar refractivity (Wildman–Crippen MR) is 99.8 cm³/mol. The van der Waals surface area contributed by atoms with Gasteiger partial charge in [-0.25, -0.2) is 14.8 Å². The minimum atomic E-state index is 0.198. The molecule has 2 fully saturated rings. The van der Waals surface area contributed by atoms with E-state index in [9.17, 15) is 4.79 Å². The molecule has 6 heteroatoms. The zero-order valence-electron chi connectivity index (χ0n) is 15.3. The van der Waals surface area contributed by atoms with Gasteiger partial charge in [0.25, 0.3) is 0 Å². The number of nitrogens with zero attached hydrogens (tertiary/aromatic N) is 5. The van der Waals surface area contributed by atoms with E-state index >= 15 is 0 Å². The molecule has 4 rings (SSSR count). The summed E-state index contributed by atoms with van der Waals surface area (Å²) in [6.45, 7) is 5.31. The van der Waals surface area contributed by atoms with Gasteiger partial charge in [-0.15, -0.1) is 0 Å². The first-order valence-corrected chi connectivity index (χ1v) is 9.50. The molecule has 2 saturated heterocycles. The molecule has 0 bridgehead atoms. The standard InChI is InChI=1S/C20H25N5O/c1-15-22-13-18(16-6-8-21-9-7-16)19(23-15)17-5-4-12-25(14-17)20(26)24-10-2-3-11-24/h6-9,13,17H,2-5,10-12,14H2,1H3. The van der Waals surface area contributed by atoms with Gasteiger partial charge < -0.3 is 9.80 Å². The first kappa shape index (κ1) is 16.9. The lowest BCUT2D eigenvalue weighted by molar-refractivity contribution is 0.146. The van der Waals surface area contributed by atoms with Crippen molar-refractivity contribution >= 4 is 6.03 Å². The van der Waals surface area contributed by atoms with Crippen molar-refractivity contribution in [2.75, 3.05) is 26.2 Å². The van der Waals surface area contributed by atoms with Crippen LogP contribution in [0.5, 0.6) is 0 Å². The monoisotopic (exact) mass is 351 g/mol. The van der Waals surface area contributed by atoms with Crippen LogP contribution in [0.4, 0.5) is 4.79 Å². The zero-order chi connectivity index (χ0) is 17.9. The summed E-state index contributed by atoms with van der Waals surface area (Å²) in [6.07, 6.45) is 9.82. The number of hydrogen-bond donors (Lipinski definition) is 0. The van der Waals surface area contributed by atoms with Gasteiger partial charge >= 0.3 is 6.03 Å². The summed E-state index contributed by atoms with van der Waals surface area (Å²) in [5.74, 6) is 1.03. The maximum absolute atomic E-state index is 12.8. The van der Waals surface area contributed by atoms with E-state index in [-0.39, 0.29) is 11.9 Å². The second-order valence-electron chi connectivity index (χ2n) is 7.21. The van der Waals surface area contributed by atoms with Crippen molar-refractivity contribution < 1.29 is 4.79 Å². The highest BCUT2D eigenvalue weighted by atomic mass is 16.2. The zero-order valence-corrected chi connectivity index (χ0v) is 15.3. The van der Waals surface area contributed by atoms with E-state index in [2.05, 4.69) is 9.97 Å². The van der Waals surface area contributed by atoms with Crippen molar-refractivity contribution in [1.29, 1.82) is 0 Å². The van der Waals surface area contributed by atoms with E-state index in [1.54, 1.807) is 12.4 Å². The Morgan fingerprint density at radius 2 is 1.81 bits per heavy atom. The lowest BCUT2D eigenvalue weighted by Crippen LogP contribution is -2.46. The van der Waals surface area contributed by atoms with Gasteiger partial charge in [-0.05, 0) is 50.3 Å². The normalized spacial score (nSPS) is 20.4. The highest BCUT2D eigenvalue weighted by Crippen LogP contribution is 2.33. The Bertz CT molecular complexity index is 773. The molecule has 2 aliphatic rings. The molecule has 0 aromatic carbocycles. The molecule has 2 aromatic heterocycles. The molecule has 26 heavy (non-hydrogen) atoms. The van der Waals surface area contributed by atoms with Crippen LogP contribution < -0.4 is 0 Å². The average Bonchev–Trinajstić information content (AvgIpc) is 3.23. The molecule has 2 amide bonds. The van der Waals surface area contributed by atoms with Crippen LogP contribution in [-0.4, -0.2) is 57.0 Å². The summed E-state index contributed by atoms with van der Waals surface area (Å²) in [5, 5.41) is 0. The fourth-order valence-electron chi connectivity index (χ4n) is 4.04. The second-order valence-corrected chi connectivity index (χ2v) is 7.21. The van der Waals surface area contributed by atoms with Crippen LogP contribution >= 0.6 is 0 Å².